The number of ether oxygens (including phenoxy) is 1. The van der Waals surface area contributed by atoms with Crippen LogP contribution in [0.15, 0.2) is 48.7 Å². The van der Waals surface area contributed by atoms with Crippen molar-refractivity contribution in [3.63, 3.8) is 0 Å². The summed E-state index contributed by atoms with van der Waals surface area (Å²) in [7, 11) is -1.94. The first-order valence-electron chi connectivity index (χ1n) is 11.9. The summed E-state index contributed by atoms with van der Waals surface area (Å²) in [6, 6.07) is 14.0. The quantitative estimate of drug-likeness (QED) is 0.243. The summed E-state index contributed by atoms with van der Waals surface area (Å²) in [6.07, 6.45) is 3.18. The SMILES string of the molecule is CCCOc1cccn2c(C(=O)C[C@@H](CO[Si](C)(C)C(C)(C)C)c3ccccc3)c(C)nc12. The molecule has 0 saturated heterocycles. The van der Waals surface area contributed by atoms with Gasteiger partial charge in [-0.05, 0) is 49.2 Å². The van der Waals surface area contributed by atoms with E-state index in [0.717, 1.165) is 17.7 Å². The van der Waals surface area contributed by atoms with Crippen molar-refractivity contribution in [1.29, 1.82) is 0 Å². The van der Waals surface area contributed by atoms with Crippen molar-refractivity contribution >= 4 is 19.7 Å². The number of pyridine rings is 1. The van der Waals surface area contributed by atoms with Gasteiger partial charge in [-0.1, -0.05) is 58.0 Å². The topological polar surface area (TPSA) is 52.8 Å². The van der Waals surface area contributed by atoms with Crippen molar-refractivity contribution in [3.05, 3.63) is 65.6 Å². The molecular formula is C27H38N2O3Si. The second-order valence-corrected chi connectivity index (χ2v) is 15.1. The summed E-state index contributed by atoms with van der Waals surface area (Å²) < 4.78 is 14.3. The van der Waals surface area contributed by atoms with Gasteiger partial charge in [0.15, 0.2) is 25.5 Å². The van der Waals surface area contributed by atoms with Crippen LogP contribution in [0.5, 0.6) is 5.75 Å². The van der Waals surface area contributed by atoms with E-state index in [0.29, 0.717) is 36.7 Å². The molecule has 0 fully saturated rings. The van der Waals surface area contributed by atoms with E-state index in [1.54, 1.807) is 0 Å². The highest BCUT2D eigenvalue weighted by atomic mass is 28.4. The Kier molecular flexibility index (Phi) is 7.80. The fourth-order valence-electron chi connectivity index (χ4n) is 3.66. The van der Waals surface area contributed by atoms with E-state index in [4.69, 9.17) is 9.16 Å². The molecule has 0 N–H and O–H groups in total. The summed E-state index contributed by atoms with van der Waals surface area (Å²) in [4.78, 5) is 18.3. The second-order valence-electron chi connectivity index (χ2n) is 10.3. The zero-order chi connectivity index (χ0) is 24.2. The van der Waals surface area contributed by atoms with Gasteiger partial charge in [0.1, 0.15) is 5.69 Å². The molecular weight excluding hydrogens is 428 g/mol. The van der Waals surface area contributed by atoms with Crippen LogP contribution in [0, 0.1) is 6.92 Å². The summed E-state index contributed by atoms with van der Waals surface area (Å²) >= 11 is 0. The van der Waals surface area contributed by atoms with Gasteiger partial charge in [-0.25, -0.2) is 4.98 Å². The molecule has 0 aliphatic carbocycles. The van der Waals surface area contributed by atoms with Crippen molar-refractivity contribution in [2.45, 2.75) is 71.5 Å². The van der Waals surface area contributed by atoms with E-state index < -0.39 is 8.32 Å². The summed E-state index contributed by atoms with van der Waals surface area (Å²) in [5.74, 6) is 0.764. The normalized spacial score (nSPS) is 13.3. The first-order valence-corrected chi connectivity index (χ1v) is 14.8. The first kappa shape index (κ1) is 25.2. The molecule has 0 radical (unpaired) electrons. The fraction of sp³-hybridized carbons (Fsp3) is 0.481. The first-order chi connectivity index (χ1) is 15.5. The molecule has 33 heavy (non-hydrogen) atoms. The minimum Gasteiger partial charge on any atom is -0.490 e. The molecule has 1 aromatic carbocycles. The highest BCUT2D eigenvalue weighted by Gasteiger charge is 2.38. The number of Topliss-reactive ketones (excluding diaryl/α,β-unsaturated/α-hetero) is 1. The minimum atomic E-state index is -1.94. The van der Waals surface area contributed by atoms with Crippen LogP contribution in [-0.2, 0) is 4.43 Å². The third kappa shape index (κ3) is 5.74. The zero-order valence-corrected chi connectivity index (χ0v) is 22.1. The summed E-state index contributed by atoms with van der Waals surface area (Å²) in [5, 5.41) is 0.116. The van der Waals surface area contributed by atoms with Crippen molar-refractivity contribution in [3.8, 4) is 5.75 Å². The maximum Gasteiger partial charge on any atom is 0.192 e. The third-order valence-corrected chi connectivity index (χ3v) is 11.2. The lowest BCUT2D eigenvalue weighted by Crippen LogP contribution is -2.41. The predicted molar refractivity (Wildman–Crippen MR) is 137 cm³/mol. The van der Waals surface area contributed by atoms with Gasteiger partial charge in [0.2, 0.25) is 0 Å². The molecule has 0 aliphatic heterocycles. The molecule has 2 heterocycles. The molecule has 6 heteroatoms. The number of rotatable bonds is 10. The van der Waals surface area contributed by atoms with Gasteiger partial charge in [-0.2, -0.15) is 0 Å². The van der Waals surface area contributed by atoms with E-state index in [9.17, 15) is 4.79 Å². The van der Waals surface area contributed by atoms with Gasteiger partial charge in [0, 0.05) is 25.1 Å². The molecule has 0 aliphatic rings. The van der Waals surface area contributed by atoms with Crippen molar-refractivity contribution < 1.29 is 14.0 Å². The molecule has 0 amide bonds. The molecule has 1 atom stereocenters. The highest BCUT2D eigenvalue weighted by molar-refractivity contribution is 6.74. The second kappa shape index (κ2) is 10.2. The molecule has 2 aromatic heterocycles. The standard InChI is InChI=1S/C27H38N2O3Si/c1-8-17-31-24-15-12-16-29-25(20(2)28-26(24)29)23(30)18-22(21-13-10-9-11-14-21)19-32-33(6,7)27(3,4)5/h9-16,22H,8,17-19H2,1-7H3/t22-/m0/s1. The molecule has 0 saturated carbocycles. The molecule has 3 aromatic rings. The van der Waals surface area contributed by atoms with Crippen molar-refractivity contribution in [1.82, 2.24) is 9.38 Å². The van der Waals surface area contributed by atoms with Crippen LogP contribution in [0.2, 0.25) is 18.1 Å². The minimum absolute atomic E-state index is 0.0164. The van der Waals surface area contributed by atoms with Crippen LogP contribution in [0.25, 0.3) is 5.65 Å². The van der Waals surface area contributed by atoms with E-state index in [1.807, 2.05) is 47.9 Å². The average Bonchev–Trinajstić information content (AvgIpc) is 3.11. The lowest BCUT2D eigenvalue weighted by molar-refractivity contribution is 0.0955. The van der Waals surface area contributed by atoms with E-state index >= 15 is 0 Å². The number of hydrogen-bond donors (Lipinski definition) is 0. The van der Waals surface area contributed by atoms with Crippen LogP contribution in [-0.4, -0.2) is 36.7 Å². The van der Waals surface area contributed by atoms with Gasteiger partial charge < -0.3 is 9.16 Å². The Bertz CT molecular complexity index is 1080. The number of aromatic nitrogens is 2. The number of hydrogen-bond acceptors (Lipinski definition) is 4. The van der Waals surface area contributed by atoms with Gasteiger partial charge >= 0.3 is 0 Å². The van der Waals surface area contributed by atoms with Crippen LogP contribution >= 0.6 is 0 Å². The maximum atomic E-state index is 13.6. The smallest absolute Gasteiger partial charge is 0.192 e. The largest absolute Gasteiger partial charge is 0.490 e. The number of nitrogens with zero attached hydrogens (tertiary/aromatic N) is 2. The number of carbonyl (C=O) groups is 1. The monoisotopic (exact) mass is 466 g/mol. The third-order valence-electron chi connectivity index (χ3n) is 6.67. The van der Waals surface area contributed by atoms with Crippen LogP contribution in [0.4, 0.5) is 0 Å². The Morgan fingerprint density at radius 1 is 1.12 bits per heavy atom. The van der Waals surface area contributed by atoms with Crippen LogP contribution in [0.3, 0.4) is 0 Å². The zero-order valence-electron chi connectivity index (χ0n) is 21.1. The Hall–Kier alpha value is -2.44. The number of benzene rings is 1. The number of aryl methyl sites for hydroxylation is 1. The van der Waals surface area contributed by atoms with Crippen LogP contribution in [0.1, 0.15) is 68.2 Å². The van der Waals surface area contributed by atoms with Gasteiger partial charge in [-0.3, -0.25) is 9.20 Å². The molecule has 0 unspecified atom stereocenters. The maximum absolute atomic E-state index is 13.6. The molecule has 0 bridgehead atoms. The highest BCUT2D eigenvalue weighted by Crippen LogP contribution is 2.38. The van der Waals surface area contributed by atoms with E-state index in [-0.39, 0.29) is 16.7 Å². The lowest BCUT2D eigenvalue weighted by atomic mass is 9.93. The lowest BCUT2D eigenvalue weighted by Gasteiger charge is -2.37. The fourth-order valence-corrected chi connectivity index (χ4v) is 4.71. The molecule has 5 nitrogen and oxygen atoms in total. The summed E-state index contributed by atoms with van der Waals surface area (Å²) in [6.45, 7) is 16.3. The molecule has 0 spiro atoms. The Morgan fingerprint density at radius 3 is 2.45 bits per heavy atom. The van der Waals surface area contributed by atoms with E-state index in [1.165, 1.54) is 0 Å². The predicted octanol–water partition coefficient (Wildman–Crippen LogP) is 6.81. The Labute approximate surface area is 199 Å². The number of ketones is 1. The Balaban J connectivity index is 1.90. The molecule has 178 valence electrons. The summed E-state index contributed by atoms with van der Waals surface area (Å²) in [5.41, 5.74) is 3.17. The number of imidazole rings is 1. The van der Waals surface area contributed by atoms with Gasteiger partial charge in [0.25, 0.3) is 0 Å². The van der Waals surface area contributed by atoms with Gasteiger partial charge in [-0.15, -0.1) is 0 Å². The number of fused-ring (bicyclic) bond motifs is 1. The van der Waals surface area contributed by atoms with Crippen molar-refractivity contribution in [2.24, 2.45) is 0 Å². The number of carbonyl (C=O) groups excluding carboxylic acids is 1. The van der Waals surface area contributed by atoms with Crippen LogP contribution < -0.4 is 4.74 Å². The van der Waals surface area contributed by atoms with E-state index in [2.05, 4.69) is 57.9 Å². The Morgan fingerprint density at radius 2 is 1.82 bits per heavy atom. The van der Waals surface area contributed by atoms with Gasteiger partial charge in [0.05, 0.1) is 12.3 Å². The average molecular weight is 467 g/mol. The van der Waals surface area contributed by atoms with Crippen molar-refractivity contribution in [2.75, 3.05) is 13.2 Å². The molecule has 3 rings (SSSR count).